The zero-order valence-electron chi connectivity index (χ0n) is 16.3. The largest absolute Gasteiger partial charge is 0.438 e. The summed E-state index contributed by atoms with van der Waals surface area (Å²) < 4.78 is 5.99. The fraction of sp³-hybridized carbons (Fsp3) is 0.174. The third-order valence-electron chi connectivity index (χ3n) is 5.75. The molecule has 0 N–H and O–H groups in total. The topological polar surface area (TPSA) is 80.1 Å². The molecule has 0 amide bonds. The van der Waals surface area contributed by atoms with Crippen LogP contribution in [0.2, 0.25) is 0 Å². The lowest BCUT2D eigenvalue weighted by Gasteiger charge is -2.29. The number of fused-ring (bicyclic) bond motifs is 4. The molecule has 2 aromatic carbocycles. The second-order valence-corrected chi connectivity index (χ2v) is 7.32. The number of aryl methyl sites for hydroxylation is 1. The highest BCUT2D eigenvalue weighted by Gasteiger charge is 2.34. The number of hydrogen-bond acceptors (Lipinski definition) is 6. The Kier molecular flexibility index (Phi) is 3.53. The van der Waals surface area contributed by atoms with Crippen LogP contribution in [0.4, 0.5) is 17.1 Å². The summed E-state index contributed by atoms with van der Waals surface area (Å²) in [4.78, 5) is 8.62. The SMILES string of the molecule is Cc1cc2c(cc1N1c3cc(C#N)c(C#N)cc3N(C)[C@@H]1C)oc1ncccc12. The minimum atomic E-state index is 0.0177. The third kappa shape index (κ3) is 2.30. The molecule has 0 radical (unpaired) electrons. The van der Waals surface area contributed by atoms with Crippen LogP contribution in [0.5, 0.6) is 0 Å². The van der Waals surface area contributed by atoms with Crippen molar-refractivity contribution in [3.8, 4) is 12.1 Å². The van der Waals surface area contributed by atoms with Crippen molar-refractivity contribution >= 4 is 39.1 Å². The summed E-state index contributed by atoms with van der Waals surface area (Å²) in [5.41, 5.74) is 6.11. The lowest BCUT2D eigenvalue weighted by Crippen LogP contribution is -2.35. The van der Waals surface area contributed by atoms with Gasteiger partial charge in [0.05, 0.1) is 22.5 Å². The minimum Gasteiger partial charge on any atom is -0.438 e. The van der Waals surface area contributed by atoms with E-state index in [9.17, 15) is 10.5 Å². The molecule has 3 heterocycles. The molecule has 0 unspecified atom stereocenters. The number of nitrogens with zero attached hydrogens (tertiary/aromatic N) is 5. The molecular formula is C23H17N5O. The number of aromatic nitrogens is 1. The van der Waals surface area contributed by atoms with Crippen molar-refractivity contribution in [3.63, 3.8) is 0 Å². The molecule has 5 rings (SSSR count). The van der Waals surface area contributed by atoms with Crippen LogP contribution in [0.3, 0.4) is 0 Å². The van der Waals surface area contributed by atoms with E-state index in [0.29, 0.717) is 16.8 Å². The van der Waals surface area contributed by atoms with Crippen LogP contribution in [0.15, 0.2) is 47.0 Å². The number of hydrogen-bond donors (Lipinski definition) is 0. The lowest BCUT2D eigenvalue weighted by atomic mass is 10.0. The van der Waals surface area contributed by atoms with E-state index in [1.54, 1.807) is 18.3 Å². The number of rotatable bonds is 1. The summed E-state index contributed by atoms with van der Waals surface area (Å²) in [5, 5.41) is 20.9. The molecule has 4 aromatic rings. The summed E-state index contributed by atoms with van der Waals surface area (Å²) in [6, 6.07) is 15.9. The highest BCUT2D eigenvalue weighted by molar-refractivity contribution is 6.05. The van der Waals surface area contributed by atoms with Crippen molar-refractivity contribution in [1.29, 1.82) is 10.5 Å². The first-order chi connectivity index (χ1) is 14.0. The van der Waals surface area contributed by atoms with Crippen LogP contribution < -0.4 is 9.80 Å². The molecule has 140 valence electrons. The van der Waals surface area contributed by atoms with Gasteiger partial charge in [-0.1, -0.05) is 0 Å². The Morgan fingerprint density at radius 1 is 1.00 bits per heavy atom. The van der Waals surface area contributed by atoms with Crippen molar-refractivity contribution in [1.82, 2.24) is 4.98 Å². The number of benzene rings is 2. The smallest absolute Gasteiger partial charge is 0.227 e. The van der Waals surface area contributed by atoms with Gasteiger partial charge < -0.3 is 14.2 Å². The molecule has 29 heavy (non-hydrogen) atoms. The quantitative estimate of drug-likeness (QED) is 0.465. The summed E-state index contributed by atoms with van der Waals surface area (Å²) in [6.07, 6.45) is 1.74. The third-order valence-corrected chi connectivity index (χ3v) is 5.75. The number of pyridine rings is 1. The average molecular weight is 379 g/mol. The van der Waals surface area contributed by atoms with Gasteiger partial charge in [0.2, 0.25) is 5.71 Å². The molecule has 0 spiro atoms. The monoisotopic (exact) mass is 379 g/mol. The Morgan fingerprint density at radius 3 is 2.45 bits per heavy atom. The van der Waals surface area contributed by atoms with Gasteiger partial charge in [-0.05, 0) is 49.7 Å². The zero-order chi connectivity index (χ0) is 20.3. The Labute approximate surface area is 167 Å². The van der Waals surface area contributed by atoms with Crippen molar-refractivity contribution in [2.75, 3.05) is 16.8 Å². The van der Waals surface area contributed by atoms with E-state index in [1.165, 1.54) is 0 Å². The Hall–Kier alpha value is -4.03. The maximum absolute atomic E-state index is 9.49. The first-order valence-corrected chi connectivity index (χ1v) is 9.31. The first-order valence-electron chi connectivity index (χ1n) is 9.31. The molecule has 0 saturated heterocycles. The Balaban J connectivity index is 1.75. The van der Waals surface area contributed by atoms with Crippen molar-refractivity contribution in [2.24, 2.45) is 0 Å². The van der Waals surface area contributed by atoms with E-state index in [0.717, 1.165) is 39.0 Å². The number of furan rings is 1. The van der Waals surface area contributed by atoms with E-state index in [-0.39, 0.29) is 6.17 Å². The summed E-state index contributed by atoms with van der Waals surface area (Å²) in [6.45, 7) is 4.17. The van der Waals surface area contributed by atoms with Gasteiger partial charge in [-0.25, -0.2) is 4.98 Å². The normalized spacial score (nSPS) is 15.6. The first kappa shape index (κ1) is 17.1. The van der Waals surface area contributed by atoms with Crippen LogP contribution in [0.1, 0.15) is 23.6 Å². The molecule has 2 aromatic heterocycles. The maximum atomic E-state index is 9.49. The molecule has 0 saturated carbocycles. The van der Waals surface area contributed by atoms with Crippen molar-refractivity contribution in [2.45, 2.75) is 20.0 Å². The molecule has 6 nitrogen and oxygen atoms in total. The Morgan fingerprint density at radius 2 is 1.72 bits per heavy atom. The lowest BCUT2D eigenvalue weighted by molar-refractivity contribution is 0.653. The molecule has 0 aliphatic carbocycles. The van der Waals surface area contributed by atoms with E-state index in [4.69, 9.17) is 4.42 Å². The van der Waals surface area contributed by atoms with E-state index in [2.05, 4.69) is 46.8 Å². The van der Waals surface area contributed by atoms with Crippen LogP contribution in [-0.4, -0.2) is 18.2 Å². The van der Waals surface area contributed by atoms with E-state index >= 15 is 0 Å². The molecule has 1 aliphatic rings. The van der Waals surface area contributed by atoms with Gasteiger partial charge in [-0.2, -0.15) is 10.5 Å². The Bertz CT molecular complexity index is 1390. The van der Waals surface area contributed by atoms with E-state index in [1.807, 2.05) is 25.2 Å². The molecule has 6 heteroatoms. The molecule has 1 atom stereocenters. The highest BCUT2D eigenvalue weighted by Crippen LogP contribution is 2.46. The highest BCUT2D eigenvalue weighted by atomic mass is 16.3. The molecule has 0 fully saturated rings. The van der Waals surface area contributed by atoms with Gasteiger partial charge in [0.15, 0.2) is 0 Å². The summed E-state index contributed by atoms with van der Waals surface area (Å²) in [7, 11) is 2.00. The second kappa shape index (κ2) is 5.98. The number of anilines is 3. The summed E-state index contributed by atoms with van der Waals surface area (Å²) in [5.74, 6) is 0. The van der Waals surface area contributed by atoms with Gasteiger partial charge in [0.1, 0.15) is 23.9 Å². The second-order valence-electron chi connectivity index (χ2n) is 7.32. The standard InChI is InChI=1S/C23H17N5O/c1-13-7-18-17-5-4-6-26-23(17)29-22(18)10-19(13)28-14(2)27(3)20-8-15(11-24)16(12-25)9-21(20)28/h4-10,14H,1-3H3/t14-/m0/s1. The summed E-state index contributed by atoms with van der Waals surface area (Å²) >= 11 is 0. The van der Waals surface area contributed by atoms with Gasteiger partial charge in [0.25, 0.3) is 0 Å². The fourth-order valence-electron chi connectivity index (χ4n) is 4.16. The predicted molar refractivity (Wildman–Crippen MR) is 112 cm³/mol. The zero-order valence-corrected chi connectivity index (χ0v) is 16.3. The van der Waals surface area contributed by atoms with Crippen LogP contribution in [0, 0.1) is 29.6 Å². The van der Waals surface area contributed by atoms with Gasteiger partial charge >= 0.3 is 0 Å². The van der Waals surface area contributed by atoms with Gasteiger partial charge in [-0.15, -0.1) is 0 Å². The van der Waals surface area contributed by atoms with Gasteiger partial charge in [-0.3, -0.25) is 0 Å². The van der Waals surface area contributed by atoms with Gasteiger partial charge in [0, 0.05) is 35.8 Å². The van der Waals surface area contributed by atoms with Crippen molar-refractivity contribution in [3.05, 3.63) is 59.3 Å². The van der Waals surface area contributed by atoms with Crippen LogP contribution >= 0.6 is 0 Å². The van der Waals surface area contributed by atoms with Crippen LogP contribution in [0.25, 0.3) is 22.1 Å². The van der Waals surface area contributed by atoms with Crippen molar-refractivity contribution < 1.29 is 4.42 Å². The molecule has 1 aliphatic heterocycles. The number of nitriles is 2. The van der Waals surface area contributed by atoms with E-state index < -0.39 is 0 Å². The fourth-order valence-corrected chi connectivity index (χ4v) is 4.16. The average Bonchev–Trinajstić information content (AvgIpc) is 3.21. The maximum Gasteiger partial charge on any atom is 0.227 e. The minimum absolute atomic E-state index is 0.0177. The predicted octanol–water partition coefficient (Wildman–Crippen LogP) is 4.97. The molecule has 0 bridgehead atoms. The molecular weight excluding hydrogens is 362 g/mol. The van der Waals surface area contributed by atoms with Crippen LogP contribution in [-0.2, 0) is 0 Å².